The predicted octanol–water partition coefficient (Wildman–Crippen LogP) is 4.19. The molecule has 0 aliphatic rings. The summed E-state index contributed by atoms with van der Waals surface area (Å²) in [7, 11) is 0. The quantitative estimate of drug-likeness (QED) is 0.611. The van der Waals surface area contributed by atoms with Crippen molar-refractivity contribution in [3.63, 3.8) is 0 Å². The van der Waals surface area contributed by atoms with Crippen molar-refractivity contribution < 1.29 is 4.79 Å². The zero-order valence-electron chi connectivity index (χ0n) is 13.7. The topological polar surface area (TPSA) is 66.9 Å². The highest BCUT2D eigenvalue weighted by molar-refractivity contribution is 8.01. The normalized spacial score (nSPS) is 10.4. The number of rotatable bonds is 7. The number of aryl methyl sites for hydroxylation is 1. The van der Waals surface area contributed by atoms with E-state index in [4.69, 9.17) is 0 Å². The monoisotopic (exact) mass is 370 g/mol. The van der Waals surface area contributed by atoms with Gasteiger partial charge in [-0.25, -0.2) is 0 Å². The van der Waals surface area contributed by atoms with Gasteiger partial charge in [-0.1, -0.05) is 65.6 Å². The molecule has 0 spiro atoms. The average Bonchev–Trinajstić information content (AvgIpc) is 3.07. The number of nitrogens with zero attached hydrogens (tertiary/aromatic N) is 2. The lowest BCUT2D eigenvalue weighted by Gasteiger charge is -2.04. The van der Waals surface area contributed by atoms with Crippen LogP contribution < -0.4 is 10.6 Å². The number of hydrogen-bond acceptors (Lipinski definition) is 6. The Bertz CT molecular complexity index is 836. The highest BCUT2D eigenvalue weighted by Gasteiger charge is 2.08. The molecule has 128 valence electrons. The van der Waals surface area contributed by atoms with Crippen LogP contribution in [0.3, 0.4) is 0 Å². The molecule has 2 N–H and O–H groups in total. The highest BCUT2D eigenvalue weighted by atomic mass is 32.2. The fraction of sp³-hybridized carbons (Fsp3) is 0.167. The third-order valence-corrected chi connectivity index (χ3v) is 5.34. The van der Waals surface area contributed by atoms with Crippen LogP contribution in [-0.2, 0) is 11.3 Å². The van der Waals surface area contributed by atoms with Crippen LogP contribution in [0.2, 0.25) is 0 Å². The molecule has 0 saturated carbocycles. The Hall–Kier alpha value is -2.38. The molecule has 25 heavy (non-hydrogen) atoms. The maximum Gasteiger partial charge on any atom is 0.234 e. The van der Waals surface area contributed by atoms with Gasteiger partial charge in [0.05, 0.1) is 5.75 Å². The minimum atomic E-state index is -0.0513. The van der Waals surface area contributed by atoms with Gasteiger partial charge in [-0.05, 0) is 30.2 Å². The number of carbonyl (C=O) groups is 1. The van der Waals surface area contributed by atoms with E-state index in [1.807, 2.05) is 49.4 Å². The number of aromatic nitrogens is 2. The van der Waals surface area contributed by atoms with Crippen molar-refractivity contribution in [1.82, 2.24) is 10.2 Å². The molecule has 0 aliphatic carbocycles. The minimum Gasteiger partial charge on any atom is -0.356 e. The van der Waals surface area contributed by atoms with Crippen LogP contribution in [-0.4, -0.2) is 21.9 Å². The van der Waals surface area contributed by atoms with Crippen molar-refractivity contribution in [3.05, 3.63) is 65.7 Å². The standard InChI is InChI=1S/C18H18N4OS2/c1-13-6-5-9-15(10-13)20-16(23)12-24-18-22-21-17(25-18)19-11-14-7-3-2-4-8-14/h2-10H,11-12H2,1H3,(H,19,21)(H,20,23). The van der Waals surface area contributed by atoms with E-state index in [1.165, 1.54) is 28.7 Å². The third-order valence-electron chi connectivity index (χ3n) is 3.32. The summed E-state index contributed by atoms with van der Waals surface area (Å²) in [5.41, 5.74) is 3.11. The van der Waals surface area contributed by atoms with Gasteiger partial charge in [0.1, 0.15) is 0 Å². The molecule has 0 radical (unpaired) electrons. The molecule has 1 amide bonds. The number of anilines is 2. The Labute approximate surface area is 154 Å². The smallest absolute Gasteiger partial charge is 0.234 e. The van der Waals surface area contributed by atoms with Gasteiger partial charge >= 0.3 is 0 Å². The Kier molecular flexibility index (Phi) is 6.03. The molecule has 2 aromatic carbocycles. The van der Waals surface area contributed by atoms with Crippen molar-refractivity contribution in [3.8, 4) is 0 Å². The lowest BCUT2D eigenvalue weighted by atomic mass is 10.2. The van der Waals surface area contributed by atoms with Gasteiger partial charge < -0.3 is 10.6 Å². The second-order valence-electron chi connectivity index (χ2n) is 5.42. The Morgan fingerprint density at radius 2 is 1.96 bits per heavy atom. The van der Waals surface area contributed by atoms with E-state index in [-0.39, 0.29) is 5.91 Å². The van der Waals surface area contributed by atoms with Crippen LogP contribution in [0.15, 0.2) is 58.9 Å². The van der Waals surface area contributed by atoms with E-state index in [9.17, 15) is 4.79 Å². The zero-order valence-corrected chi connectivity index (χ0v) is 15.4. The number of nitrogens with one attached hydrogen (secondary N) is 2. The van der Waals surface area contributed by atoms with Gasteiger partial charge in [0.15, 0.2) is 4.34 Å². The van der Waals surface area contributed by atoms with Crippen molar-refractivity contribution in [2.24, 2.45) is 0 Å². The maximum atomic E-state index is 12.0. The molecule has 0 fully saturated rings. The molecule has 0 aliphatic heterocycles. The van der Waals surface area contributed by atoms with Crippen LogP contribution in [0, 0.1) is 6.92 Å². The second-order valence-corrected chi connectivity index (χ2v) is 7.62. The summed E-state index contributed by atoms with van der Waals surface area (Å²) in [4.78, 5) is 12.0. The Balaban J connectivity index is 1.45. The first kappa shape index (κ1) is 17.4. The van der Waals surface area contributed by atoms with Gasteiger partial charge in [-0.15, -0.1) is 10.2 Å². The number of amides is 1. The number of benzene rings is 2. The lowest BCUT2D eigenvalue weighted by molar-refractivity contribution is -0.113. The van der Waals surface area contributed by atoms with E-state index in [0.29, 0.717) is 12.3 Å². The summed E-state index contributed by atoms with van der Waals surface area (Å²) in [6.45, 7) is 2.70. The molecule has 0 atom stereocenters. The largest absolute Gasteiger partial charge is 0.356 e. The summed E-state index contributed by atoms with van der Waals surface area (Å²) in [6, 6.07) is 17.9. The summed E-state index contributed by atoms with van der Waals surface area (Å²) in [6.07, 6.45) is 0. The molecule has 1 heterocycles. The van der Waals surface area contributed by atoms with E-state index in [2.05, 4.69) is 33.0 Å². The van der Waals surface area contributed by atoms with Crippen molar-refractivity contribution in [1.29, 1.82) is 0 Å². The molecule has 0 saturated heterocycles. The van der Waals surface area contributed by atoms with Crippen LogP contribution in [0.5, 0.6) is 0 Å². The highest BCUT2D eigenvalue weighted by Crippen LogP contribution is 2.26. The second kappa shape index (κ2) is 8.64. The zero-order chi connectivity index (χ0) is 17.5. The summed E-state index contributed by atoms with van der Waals surface area (Å²) in [5.74, 6) is 0.256. The molecular weight excluding hydrogens is 352 g/mol. The Morgan fingerprint density at radius 3 is 2.76 bits per heavy atom. The number of thioether (sulfide) groups is 1. The van der Waals surface area contributed by atoms with Crippen molar-refractivity contribution >= 4 is 39.8 Å². The van der Waals surface area contributed by atoms with E-state index < -0.39 is 0 Å². The first-order chi connectivity index (χ1) is 12.2. The molecule has 0 bridgehead atoms. The molecule has 3 aromatic rings. The van der Waals surface area contributed by atoms with Gasteiger partial charge in [0.25, 0.3) is 0 Å². The van der Waals surface area contributed by atoms with Gasteiger partial charge in [-0.3, -0.25) is 4.79 Å². The predicted molar refractivity (Wildman–Crippen MR) is 104 cm³/mol. The first-order valence-electron chi connectivity index (χ1n) is 7.80. The molecule has 1 aromatic heterocycles. The van der Waals surface area contributed by atoms with E-state index in [1.54, 1.807) is 0 Å². The molecular formula is C18H18N4OS2. The Morgan fingerprint density at radius 1 is 1.12 bits per heavy atom. The number of hydrogen-bond donors (Lipinski definition) is 2. The SMILES string of the molecule is Cc1cccc(NC(=O)CSc2nnc(NCc3ccccc3)s2)c1. The van der Waals surface area contributed by atoms with Crippen molar-refractivity contribution in [2.45, 2.75) is 17.8 Å². The molecule has 0 unspecified atom stereocenters. The minimum absolute atomic E-state index is 0.0513. The van der Waals surface area contributed by atoms with Gasteiger partial charge in [0, 0.05) is 12.2 Å². The molecule has 3 rings (SSSR count). The van der Waals surface area contributed by atoms with Crippen LogP contribution in [0.25, 0.3) is 0 Å². The van der Waals surface area contributed by atoms with Crippen LogP contribution >= 0.6 is 23.1 Å². The lowest BCUT2D eigenvalue weighted by Crippen LogP contribution is -2.13. The fourth-order valence-corrected chi connectivity index (χ4v) is 3.71. The average molecular weight is 371 g/mol. The van der Waals surface area contributed by atoms with Crippen LogP contribution in [0.1, 0.15) is 11.1 Å². The third kappa shape index (κ3) is 5.58. The van der Waals surface area contributed by atoms with E-state index in [0.717, 1.165) is 20.7 Å². The molecule has 5 nitrogen and oxygen atoms in total. The van der Waals surface area contributed by atoms with Crippen molar-refractivity contribution in [2.75, 3.05) is 16.4 Å². The van der Waals surface area contributed by atoms with E-state index >= 15 is 0 Å². The molecule has 7 heteroatoms. The number of carbonyl (C=O) groups excluding carboxylic acids is 1. The fourth-order valence-electron chi connectivity index (χ4n) is 2.16. The van der Waals surface area contributed by atoms with Gasteiger partial charge in [-0.2, -0.15) is 0 Å². The van der Waals surface area contributed by atoms with Crippen LogP contribution in [0.4, 0.5) is 10.8 Å². The summed E-state index contributed by atoms with van der Waals surface area (Å²) in [5, 5.41) is 15.1. The summed E-state index contributed by atoms with van der Waals surface area (Å²) >= 11 is 2.84. The van der Waals surface area contributed by atoms with Gasteiger partial charge in [0.2, 0.25) is 11.0 Å². The first-order valence-corrected chi connectivity index (χ1v) is 9.60. The maximum absolute atomic E-state index is 12.0. The summed E-state index contributed by atoms with van der Waals surface area (Å²) < 4.78 is 0.773.